The number of unbranched alkanes of at least 4 members (excludes halogenated alkanes) is 3. The summed E-state index contributed by atoms with van der Waals surface area (Å²) in [5, 5.41) is 3.52. The standard InChI is InChI=1S/C15H26N2/c1-3-4-5-6-9-15(12-16)17-14-10-7-8-13(2)11-14/h7-8,10-11,15,17H,3-6,9,12,16H2,1-2H3. The molecule has 0 saturated carbocycles. The van der Waals surface area contributed by atoms with Crippen LogP contribution in [0.5, 0.6) is 0 Å². The SMILES string of the molecule is CCCCCCC(CN)Nc1cccc(C)c1. The van der Waals surface area contributed by atoms with Crippen molar-refractivity contribution in [1.82, 2.24) is 0 Å². The molecule has 1 atom stereocenters. The molecule has 0 bridgehead atoms. The lowest BCUT2D eigenvalue weighted by atomic mass is 10.1. The van der Waals surface area contributed by atoms with E-state index < -0.39 is 0 Å². The predicted molar refractivity (Wildman–Crippen MR) is 76.4 cm³/mol. The van der Waals surface area contributed by atoms with Gasteiger partial charge in [-0.1, -0.05) is 44.7 Å². The van der Waals surface area contributed by atoms with Gasteiger partial charge in [-0.25, -0.2) is 0 Å². The van der Waals surface area contributed by atoms with Crippen LogP contribution >= 0.6 is 0 Å². The highest BCUT2D eigenvalue weighted by atomic mass is 14.9. The highest BCUT2D eigenvalue weighted by Crippen LogP contribution is 2.13. The second-order valence-corrected chi connectivity index (χ2v) is 4.80. The molecule has 0 saturated heterocycles. The fraction of sp³-hybridized carbons (Fsp3) is 0.600. The van der Waals surface area contributed by atoms with E-state index >= 15 is 0 Å². The monoisotopic (exact) mass is 234 g/mol. The number of hydrogen-bond acceptors (Lipinski definition) is 2. The molecule has 0 aliphatic rings. The van der Waals surface area contributed by atoms with Crippen molar-refractivity contribution in [2.45, 2.75) is 52.0 Å². The average molecular weight is 234 g/mol. The van der Waals surface area contributed by atoms with E-state index in [-0.39, 0.29) is 0 Å². The Labute approximate surface area is 106 Å². The Hall–Kier alpha value is -1.02. The Bertz CT molecular complexity index is 310. The molecule has 1 rings (SSSR count). The van der Waals surface area contributed by atoms with Crippen LogP contribution in [-0.2, 0) is 0 Å². The second kappa shape index (κ2) is 8.13. The van der Waals surface area contributed by atoms with Crippen LogP contribution in [0.1, 0.15) is 44.6 Å². The van der Waals surface area contributed by atoms with Crippen LogP contribution in [-0.4, -0.2) is 12.6 Å². The quantitative estimate of drug-likeness (QED) is 0.673. The lowest BCUT2D eigenvalue weighted by Gasteiger charge is -2.18. The minimum atomic E-state index is 0.411. The van der Waals surface area contributed by atoms with E-state index in [2.05, 4.69) is 43.4 Å². The summed E-state index contributed by atoms with van der Waals surface area (Å²) < 4.78 is 0. The van der Waals surface area contributed by atoms with Crippen LogP contribution in [0, 0.1) is 6.92 Å². The lowest BCUT2D eigenvalue weighted by molar-refractivity contribution is 0.575. The van der Waals surface area contributed by atoms with E-state index in [1.807, 2.05) is 0 Å². The van der Waals surface area contributed by atoms with Crippen LogP contribution in [0.2, 0.25) is 0 Å². The molecule has 1 unspecified atom stereocenters. The number of benzene rings is 1. The number of anilines is 1. The first-order valence-corrected chi connectivity index (χ1v) is 6.79. The zero-order valence-electron chi connectivity index (χ0n) is 11.2. The van der Waals surface area contributed by atoms with Crippen molar-refractivity contribution < 1.29 is 0 Å². The van der Waals surface area contributed by atoms with Gasteiger partial charge in [-0.3, -0.25) is 0 Å². The van der Waals surface area contributed by atoms with Crippen molar-refractivity contribution in [2.24, 2.45) is 5.73 Å². The second-order valence-electron chi connectivity index (χ2n) is 4.80. The summed E-state index contributed by atoms with van der Waals surface area (Å²) in [5.41, 5.74) is 8.29. The Balaban J connectivity index is 2.35. The summed E-state index contributed by atoms with van der Waals surface area (Å²) in [6.07, 6.45) is 6.39. The van der Waals surface area contributed by atoms with Gasteiger partial charge in [-0.15, -0.1) is 0 Å². The molecule has 17 heavy (non-hydrogen) atoms. The predicted octanol–water partition coefficient (Wildman–Crippen LogP) is 3.70. The molecule has 0 aromatic heterocycles. The van der Waals surface area contributed by atoms with Gasteiger partial charge in [0.05, 0.1) is 0 Å². The van der Waals surface area contributed by atoms with E-state index in [0.717, 1.165) is 0 Å². The normalized spacial score (nSPS) is 12.4. The zero-order chi connectivity index (χ0) is 12.5. The molecule has 0 heterocycles. The number of aryl methyl sites for hydroxylation is 1. The van der Waals surface area contributed by atoms with Crippen LogP contribution in [0.15, 0.2) is 24.3 Å². The topological polar surface area (TPSA) is 38.0 Å². The van der Waals surface area contributed by atoms with Crippen molar-refractivity contribution in [3.63, 3.8) is 0 Å². The first-order chi connectivity index (χ1) is 8.26. The van der Waals surface area contributed by atoms with Gasteiger partial charge >= 0.3 is 0 Å². The molecule has 0 amide bonds. The van der Waals surface area contributed by atoms with Gasteiger partial charge in [-0.05, 0) is 31.0 Å². The Kier molecular flexibility index (Phi) is 6.71. The van der Waals surface area contributed by atoms with E-state index in [4.69, 9.17) is 5.73 Å². The number of nitrogens with one attached hydrogen (secondary N) is 1. The Morgan fingerprint density at radius 1 is 1.24 bits per heavy atom. The number of rotatable bonds is 8. The van der Waals surface area contributed by atoms with E-state index in [1.165, 1.54) is 43.4 Å². The fourth-order valence-electron chi connectivity index (χ4n) is 2.04. The molecule has 2 nitrogen and oxygen atoms in total. The van der Waals surface area contributed by atoms with Crippen LogP contribution < -0.4 is 11.1 Å². The molecule has 96 valence electrons. The summed E-state index contributed by atoms with van der Waals surface area (Å²) in [6.45, 7) is 5.06. The Morgan fingerprint density at radius 3 is 2.71 bits per heavy atom. The van der Waals surface area contributed by atoms with Crippen molar-refractivity contribution in [3.05, 3.63) is 29.8 Å². The van der Waals surface area contributed by atoms with Gasteiger partial charge in [0.15, 0.2) is 0 Å². The molecular formula is C15H26N2. The van der Waals surface area contributed by atoms with Crippen molar-refractivity contribution in [3.8, 4) is 0 Å². The van der Waals surface area contributed by atoms with E-state index in [9.17, 15) is 0 Å². The van der Waals surface area contributed by atoms with Gasteiger partial charge in [0.2, 0.25) is 0 Å². The Morgan fingerprint density at radius 2 is 2.06 bits per heavy atom. The molecular weight excluding hydrogens is 208 g/mol. The third kappa shape index (κ3) is 5.73. The largest absolute Gasteiger partial charge is 0.381 e. The summed E-state index contributed by atoms with van der Waals surface area (Å²) >= 11 is 0. The summed E-state index contributed by atoms with van der Waals surface area (Å²) in [4.78, 5) is 0. The molecule has 0 aliphatic carbocycles. The molecule has 0 spiro atoms. The van der Waals surface area contributed by atoms with Gasteiger partial charge < -0.3 is 11.1 Å². The summed E-state index contributed by atoms with van der Waals surface area (Å²) in [5.74, 6) is 0. The molecule has 0 radical (unpaired) electrons. The highest BCUT2D eigenvalue weighted by Gasteiger charge is 2.05. The van der Waals surface area contributed by atoms with Crippen molar-refractivity contribution in [1.29, 1.82) is 0 Å². The van der Waals surface area contributed by atoms with Crippen molar-refractivity contribution >= 4 is 5.69 Å². The van der Waals surface area contributed by atoms with Gasteiger partial charge in [0.25, 0.3) is 0 Å². The molecule has 2 heteroatoms. The van der Waals surface area contributed by atoms with Crippen LogP contribution in [0.3, 0.4) is 0 Å². The molecule has 0 fully saturated rings. The fourth-order valence-corrected chi connectivity index (χ4v) is 2.04. The summed E-state index contributed by atoms with van der Waals surface area (Å²) in [7, 11) is 0. The third-order valence-electron chi connectivity index (χ3n) is 3.08. The number of nitrogens with two attached hydrogens (primary N) is 1. The van der Waals surface area contributed by atoms with E-state index in [0.29, 0.717) is 12.6 Å². The zero-order valence-corrected chi connectivity index (χ0v) is 11.2. The maximum absolute atomic E-state index is 5.81. The molecule has 0 aliphatic heterocycles. The van der Waals surface area contributed by atoms with Gasteiger partial charge in [-0.2, -0.15) is 0 Å². The minimum absolute atomic E-state index is 0.411. The lowest BCUT2D eigenvalue weighted by Crippen LogP contribution is -2.28. The third-order valence-corrected chi connectivity index (χ3v) is 3.08. The van der Waals surface area contributed by atoms with Crippen LogP contribution in [0.25, 0.3) is 0 Å². The maximum Gasteiger partial charge on any atom is 0.0383 e. The van der Waals surface area contributed by atoms with Gasteiger partial charge in [0, 0.05) is 18.3 Å². The van der Waals surface area contributed by atoms with Gasteiger partial charge in [0.1, 0.15) is 0 Å². The highest BCUT2D eigenvalue weighted by molar-refractivity contribution is 5.46. The average Bonchev–Trinajstić information content (AvgIpc) is 2.33. The summed E-state index contributed by atoms with van der Waals surface area (Å²) in [6, 6.07) is 8.90. The first-order valence-electron chi connectivity index (χ1n) is 6.79. The maximum atomic E-state index is 5.81. The van der Waals surface area contributed by atoms with E-state index in [1.54, 1.807) is 0 Å². The van der Waals surface area contributed by atoms with Crippen molar-refractivity contribution in [2.75, 3.05) is 11.9 Å². The number of hydrogen-bond donors (Lipinski definition) is 2. The first kappa shape index (κ1) is 14.0. The molecule has 3 N–H and O–H groups in total. The smallest absolute Gasteiger partial charge is 0.0383 e. The van der Waals surface area contributed by atoms with Crippen LogP contribution in [0.4, 0.5) is 5.69 Å². The molecule has 1 aromatic carbocycles. The molecule has 1 aromatic rings. The minimum Gasteiger partial charge on any atom is -0.381 e.